The summed E-state index contributed by atoms with van der Waals surface area (Å²) in [7, 11) is 0. The van der Waals surface area contributed by atoms with Crippen molar-refractivity contribution < 1.29 is 9.18 Å². The number of carbonyl (C=O) groups is 1. The molecule has 4 aromatic rings. The number of aryl methyl sites for hydroxylation is 1. The van der Waals surface area contributed by atoms with E-state index in [0.29, 0.717) is 30.2 Å². The van der Waals surface area contributed by atoms with Gasteiger partial charge in [0.25, 0.3) is 0 Å². The summed E-state index contributed by atoms with van der Waals surface area (Å²) in [5.74, 6) is 0.483. The molecule has 1 amide bonds. The first-order valence-corrected chi connectivity index (χ1v) is 11.4. The normalized spacial score (nSPS) is 13.3. The molecule has 34 heavy (non-hydrogen) atoms. The lowest BCUT2D eigenvalue weighted by atomic mass is 10.1. The summed E-state index contributed by atoms with van der Waals surface area (Å²) in [6, 6.07) is 15.8. The summed E-state index contributed by atoms with van der Waals surface area (Å²) < 4.78 is 18.2. The van der Waals surface area contributed by atoms with Gasteiger partial charge in [0.05, 0.1) is 12.9 Å². The number of imidazole rings is 1. The molecule has 5 rings (SSSR count). The number of nitrogens with one attached hydrogen (secondary N) is 1. The topological polar surface area (TPSA) is 86.7 Å². The van der Waals surface area contributed by atoms with Gasteiger partial charge in [0.1, 0.15) is 29.7 Å². The van der Waals surface area contributed by atoms with E-state index in [2.05, 4.69) is 15.4 Å². The van der Waals surface area contributed by atoms with Crippen LogP contribution in [-0.2, 0) is 30.8 Å². The second-order valence-electron chi connectivity index (χ2n) is 8.43. The first-order chi connectivity index (χ1) is 16.6. The molecule has 8 nitrogen and oxygen atoms in total. The highest BCUT2D eigenvalue weighted by molar-refractivity contribution is 5.93. The van der Waals surface area contributed by atoms with Crippen LogP contribution in [0.4, 0.5) is 10.2 Å². The molecular formula is C25H25FN6O2. The number of aromatic nitrogens is 5. The highest BCUT2D eigenvalue weighted by Gasteiger charge is 2.20. The Morgan fingerprint density at radius 3 is 2.62 bits per heavy atom. The molecule has 0 radical (unpaired) electrons. The van der Waals surface area contributed by atoms with Crippen LogP contribution in [0.15, 0.2) is 65.7 Å². The van der Waals surface area contributed by atoms with Gasteiger partial charge in [-0.05, 0) is 42.7 Å². The van der Waals surface area contributed by atoms with Crippen LogP contribution in [-0.4, -0.2) is 29.8 Å². The van der Waals surface area contributed by atoms with E-state index in [0.717, 1.165) is 37.1 Å². The van der Waals surface area contributed by atoms with Gasteiger partial charge in [0, 0.05) is 18.5 Å². The van der Waals surface area contributed by atoms with Crippen molar-refractivity contribution in [2.24, 2.45) is 0 Å². The Morgan fingerprint density at radius 2 is 1.82 bits per heavy atom. The zero-order valence-corrected chi connectivity index (χ0v) is 18.7. The molecule has 0 saturated carbocycles. The van der Waals surface area contributed by atoms with Crippen LogP contribution < -0.4 is 11.0 Å². The van der Waals surface area contributed by atoms with Crippen molar-refractivity contribution in [3.05, 3.63) is 88.6 Å². The summed E-state index contributed by atoms with van der Waals surface area (Å²) in [4.78, 5) is 30.3. The van der Waals surface area contributed by atoms with E-state index in [1.807, 2.05) is 34.9 Å². The Hall–Kier alpha value is -4.01. The Balaban J connectivity index is 1.43. The van der Waals surface area contributed by atoms with Crippen molar-refractivity contribution >= 4 is 11.7 Å². The van der Waals surface area contributed by atoms with Crippen LogP contribution in [0.3, 0.4) is 0 Å². The SMILES string of the molecule is O=C(Cn1nc2n(c1=O)CCCCC2)Nc1c(-c2ccc(F)cc2)ncn1Cc1ccccc1. The summed E-state index contributed by atoms with van der Waals surface area (Å²) in [5, 5.41) is 7.32. The van der Waals surface area contributed by atoms with Crippen molar-refractivity contribution in [3.8, 4) is 11.3 Å². The lowest BCUT2D eigenvalue weighted by Gasteiger charge is -2.12. The number of carbonyl (C=O) groups excluding carboxylic acids is 1. The van der Waals surface area contributed by atoms with Crippen molar-refractivity contribution in [3.63, 3.8) is 0 Å². The maximum atomic E-state index is 13.5. The molecule has 0 bridgehead atoms. The quantitative estimate of drug-likeness (QED) is 0.477. The number of rotatable bonds is 6. The fraction of sp³-hybridized carbons (Fsp3) is 0.280. The van der Waals surface area contributed by atoms with Crippen molar-refractivity contribution in [1.82, 2.24) is 23.9 Å². The van der Waals surface area contributed by atoms with Crippen LogP contribution in [0.5, 0.6) is 0 Å². The summed E-state index contributed by atoms with van der Waals surface area (Å²) in [6.07, 6.45) is 5.38. The maximum Gasteiger partial charge on any atom is 0.346 e. The van der Waals surface area contributed by atoms with E-state index in [1.165, 1.54) is 16.8 Å². The van der Waals surface area contributed by atoms with E-state index in [1.54, 1.807) is 23.0 Å². The molecule has 0 spiro atoms. The van der Waals surface area contributed by atoms with Crippen molar-refractivity contribution in [2.75, 3.05) is 5.32 Å². The van der Waals surface area contributed by atoms with Crippen LogP contribution in [0, 0.1) is 5.82 Å². The van der Waals surface area contributed by atoms with Gasteiger partial charge in [-0.3, -0.25) is 9.36 Å². The minimum Gasteiger partial charge on any atom is -0.312 e. The van der Waals surface area contributed by atoms with Gasteiger partial charge in [0.2, 0.25) is 5.91 Å². The smallest absolute Gasteiger partial charge is 0.312 e. The largest absolute Gasteiger partial charge is 0.346 e. The number of benzene rings is 2. The van der Waals surface area contributed by atoms with Gasteiger partial charge in [0.15, 0.2) is 0 Å². The Morgan fingerprint density at radius 1 is 1.03 bits per heavy atom. The molecule has 9 heteroatoms. The monoisotopic (exact) mass is 460 g/mol. The van der Waals surface area contributed by atoms with Gasteiger partial charge < -0.3 is 9.88 Å². The second-order valence-corrected chi connectivity index (χ2v) is 8.43. The Labute approximate surface area is 195 Å². The van der Waals surface area contributed by atoms with Gasteiger partial charge >= 0.3 is 5.69 Å². The summed E-state index contributed by atoms with van der Waals surface area (Å²) in [6.45, 7) is 0.927. The number of hydrogen-bond acceptors (Lipinski definition) is 4. The third-order valence-corrected chi connectivity index (χ3v) is 5.98. The van der Waals surface area contributed by atoms with Crippen LogP contribution in [0.1, 0.15) is 30.7 Å². The summed E-state index contributed by atoms with van der Waals surface area (Å²) >= 11 is 0. The molecule has 0 saturated heterocycles. The lowest BCUT2D eigenvalue weighted by molar-refractivity contribution is -0.117. The van der Waals surface area contributed by atoms with E-state index in [-0.39, 0.29) is 24.0 Å². The molecule has 0 aliphatic carbocycles. The van der Waals surface area contributed by atoms with Crippen molar-refractivity contribution in [2.45, 2.75) is 45.3 Å². The molecule has 1 aliphatic rings. The molecule has 2 aromatic carbocycles. The Bertz CT molecular complexity index is 1350. The predicted octanol–water partition coefficient (Wildman–Crippen LogP) is 3.46. The molecule has 1 aliphatic heterocycles. The minimum atomic E-state index is -0.381. The predicted molar refractivity (Wildman–Crippen MR) is 126 cm³/mol. The van der Waals surface area contributed by atoms with Crippen molar-refractivity contribution in [1.29, 1.82) is 0 Å². The zero-order valence-electron chi connectivity index (χ0n) is 18.7. The van der Waals surface area contributed by atoms with E-state index in [4.69, 9.17) is 0 Å². The van der Waals surface area contributed by atoms with Crippen LogP contribution in [0.25, 0.3) is 11.3 Å². The van der Waals surface area contributed by atoms with Gasteiger partial charge in [-0.2, -0.15) is 5.10 Å². The average Bonchev–Trinajstić information content (AvgIpc) is 3.24. The van der Waals surface area contributed by atoms with E-state index < -0.39 is 0 Å². The van der Waals surface area contributed by atoms with E-state index in [9.17, 15) is 14.0 Å². The molecule has 0 atom stereocenters. The minimum absolute atomic E-state index is 0.196. The molecule has 1 N–H and O–H groups in total. The van der Waals surface area contributed by atoms with Gasteiger partial charge in [-0.15, -0.1) is 0 Å². The van der Waals surface area contributed by atoms with Crippen LogP contribution >= 0.6 is 0 Å². The number of halogens is 1. The fourth-order valence-electron chi connectivity index (χ4n) is 4.27. The maximum absolute atomic E-state index is 13.5. The highest BCUT2D eigenvalue weighted by Crippen LogP contribution is 2.28. The average molecular weight is 461 g/mol. The second kappa shape index (κ2) is 9.46. The number of nitrogens with zero attached hydrogens (tertiary/aromatic N) is 5. The number of fused-ring (bicyclic) bond motifs is 1. The number of hydrogen-bond donors (Lipinski definition) is 1. The van der Waals surface area contributed by atoms with Crippen LogP contribution in [0.2, 0.25) is 0 Å². The van der Waals surface area contributed by atoms with Gasteiger partial charge in [-0.25, -0.2) is 18.9 Å². The number of anilines is 1. The lowest BCUT2D eigenvalue weighted by Crippen LogP contribution is -2.30. The first kappa shape index (κ1) is 21.8. The Kier molecular flexibility index (Phi) is 6.07. The first-order valence-electron chi connectivity index (χ1n) is 11.4. The summed E-state index contributed by atoms with van der Waals surface area (Å²) in [5.41, 5.74) is 1.98. The van der Waals surface area contributed by atoms with E-state index >= 15 is 0 Å². The molecular weight excluding hydrogens is 435 g/mol. The standard InChI is InChI=1S/C25H25FN6O2/c26-20-12-10-19(11-13-20)23-24(30(17-27-23)15-18-7-3-1-4-8-18)28-22(33)16-32-25(34)31-14-6-2-5-9-21(31)29-32/h1,3-4,7-8,10-13,17H,2,5-6,9,14-16H2,(H,28,33). The third-order valence-electron chi connectivity index (χ3n) is 5.98. The molecule has 0 unspecified atom stereocenters. The fourth-order valence-corrected chi connectivity index (χ4v) is 4.27. The molecule has 174 valence electrons. The molecule has 0 fully saturated rings. The molecule has 3 heterocycles. The highest BCUT2D eigenvalue weighted by atomic mass is 19.1. The number of amides is 1. The third kappa shape index (κ3) is 4.54. The van der Waals surface area contributed by atoms with Gasteiger partial charge in [-0.1, -0.05) is 36.8 Å². The zero-order chi connectivity index (χ0) is 23.5. The molecule has 2 aromatic heterocycles.